The summed E-state index contributed by atoms with van der Waals surface area (Å²) in [5.41, 5.74) is 1.33. The van der Waals surface area contributed by atoms with E-state index >= 15 is 0 Å². The largest absolute Gasteiger partial charge is 0.0999 e. The smallest absolute Gasteiger partial charge is 0.0214 e. The lowest BCUT2D eigenvalue weighted by Gasteiger charge is -2.09. The Morgan fingerprint density at radius 2 is 1.12 bits per heavy atom. The normalized spacial score (nSPS) is 10.0. The van der Waals surface area contributed by atoms with Crippen LogP contribution in [0.25, 0.3) is 0 Å². The Morgan fingerprint density at radius 3 is 1.29 bits per heavy atom. The van der Waals surface area contributed by atoms with Crippen LogP contribution in [0.1, 0.15) is 92.4 Å². The first-order valence-electron chi connectivity index (χ1n) is 7.79. The molecule has 0 rings (SSSR count). The fraction of sp³-hybridized carbons (Fsp3) is 0.882. The summed E-state index contributed by atoms with van der Waals surface area (Å²) in [7, 11) is 0. The second kappa shape index (κ2) is 15.7. The van der Waals surface area contributed by atoms with Crippen molar-refractivity contribution >= 4 is 0 Å². The van der Waals surface area contributed by atoms with Gasteiger partial charge in [0.2, 0.25) is 0 Å². The van der Waals surface area contributed by atoms with Crippen LogP contribution in [-0.4, -0.2) is 0 Å². The molecule has 0 aromatic rings. The van der Waals surface area contributed by atoms with Crippen LogP contribution in [0.4, 0.5) is 0 Å². The van der Waals surface area contributed by atoms with Crippen molar-refractivity contribution in [2.75, 3.05) is 0 Å². The molecule has 0 amide bonds. The summed E-state index contributed by atoms with van der Waals surface area (Å²) in [6.45, 7) is 15.0. The SMILES string of the molecule is C=C(C)C(CC)CC.CCCCCCCCC. The molecule has 0 spiro atoms. The maximum atomic E-state index is 3.90. The van der Waals surface area contributed by atoms with Gasteiger partial charge in [-0.2, -0.15) is 0 Å². The molecule has 104 valence electrons. The topological polar surface area (TPSA) is 0 Å². The first-order chi connectivity index (χ1) is 8.13. The molecule has 0 N–H and O–H groups in total. The van der Waals surface area contributed by atoms with Gasteiger partial charge in [0, 0.05) is 0 Å². The number of hydrogen-bond acceptors (Lipinski definition) is 0. The van der Waals surface area contributed by atoms with Gasteiger partial charge in [-0.25, -0.2) is 0 Å². The molecule has 0 heterocycles. The van der Waals surface area contributed by atoms with E-state index in [0.29, 0.717) is 0 Å². The van der Waals surface area contributed by atoms with Gasteiger partial charge >= 0.3 is 0 Å². The Labute approximate surface area is 111 Å². The van der Waals surface area contributed by atoms with Crippen LogP contribution >= 0.6 is 0 Å². The zero-order valence-corrected chi connectivity index (χ0v) is 13.1. The molecule has 17 heavy (non-hydrogen) atoms. The van der Waals surface area contributed by atoms with Crippen molar-refractivity contribution in [3.63, 3.8) is 0 Å². The van der Waals surface area contributed by atoms with Gasteiger partial charge in [-0.3, -0.25) is 0 Å². The van der Waals surface area contributed by atoms with E-state index in [4.69, 9.17) is 0 Å². The van der Waals surface area contributed by atoms with Crippen LogP contribution in [-0.2, 0) is 0 Å². The predicted molar refractivity (Wildman–Crippen MR) is 82.6 cm³/mol. The van der Waals surface area contributed by atoms with E-state index in [9.17, 15) is 0 Å². The highest BCUT2D eigenvalue weighted by atomic mass is 14.1. The Hall–Kier alpha value is -0.260. The molecule has 0 unspecified atom stereocenters. The van der Waals surface area contributed by atoms with Gasteiger partial charge in [0.1, 0.15) is 0 Å². The molecule has 0 aromatic heterocycles. The minimum Gasteiger partial charge on any atom is -0.0999 e. The molecule has 0 aliphatic rings. The molecular formula is C17H36. The predicted octanol–water partition coefficient (Wildman–Crippen LogP) is 6.76. The van der Waals surface area contributed by atoms with Crippen LogP contribution < -0.4 is 0 Å². The van der Waals surface area contributed by atoms with Gasteiger partial charge in [-0.15, -0.1) is 0 Å². The summed E-state index contributed by atoms with van der Waals surface area (Å²) >= 11 is 0. The second-order valence-electron chi connectivity index (χ2n) is 5.13. The van der Waals surface area contributed by atoms with E-state index in [-0.39, 0.29) is 0 Å². The molecule has 0 atom stereocenters. The van der Waals surface area contributed by atoms with Crippen LogP contribution in [0.5, 0.6) is 0 Å². The molecule has 0 saturated heterocycles. The van der Waals surface area contributed by atoms with Gasteiger partial charge in [0.05, 0.1) is 0 Å². The number of allylic oxidation sites excluding steroid dienone is 1. The molecule has 0 aliphatic carbocycles. The third-order valence-electron chi connectivity index (χ3n) is 3.39. The van der Waals surface area contributed by atoms with Gasteiger partial charge in [0.15, 0.2) is 0 Å². The van der Waals surface area contributed by atoms with Crippen LogP contribution in [0, 0.1) is 5.92 Å². The molecule has 0 saturated carbocycles. The van der Waals surface area contributed by atoms with E-state index in [2.05, 4.69) is 41.2 Å². The lowest BCUT2D eigenvalue weighted by molar-refractivity contribution is 0.574. The van der Waals surface area contributed by atoms with E-state index < -0.39 is 0 Å². The van der Waals surface area contributed by atoms with Crippen LogP contribution in [0.2, 0.25) is 0 Å². The highest BCUT2D eigenvalue weighted by Crippen LogP contribution is 2.15. The zero-order valence-electron chi connectivity index (χ0n) is 13.1. The highest BCUT2D eigenvalue weighted by molar-refractivity contribution is 4.94. The van der Waals surface area contributed by atoms with E-state index in [1.165, 1.54) is 63.4 Å². The van der Waals surface area contributed by atoms with Crippen molar-refractivity contribution in [1.82, 2.24) is 0 Å². The molecule has 0 aliphatic heterocycles. The van der Waals surface area contributed by atoms with E-state index in [1.807, 2.05) is 0 Å². The first-order valence-corrected chi connectivity index (χ1v) is 7.79. The third-order valence-corrected chi connectivity index (χ3v) is 3.39. The lowest BCUT2D eigenvalue weighted by atomic mass is 9.97. The second-order valence-corrected chi connectivity index (χ2v) is 5.13. The maximum absolute atomic E-state index is 3.90. The average molecular weight is 240 g/mol. The van der Waals surface area contributed by atoms with Gasteiger partial charge < -0.3 is 0 Å². The minimum atomic E-state index is 0.759. The van der Waals surface area contributed by atoms with Gasteiger partial charge in [-0.1, -0.05) is 84.8 Å². The van der Waals surface area contributed by atoms with Gasteiger partial charge in [0.25, 0.3) is 0 Å². The van der Waals surface area contributed by atoms with Crippen molar-refractivity contribution in [2.45, 2.75) is 92.4 Å². The average Bonchev–Trinajstić information content (AvgIpc) is 2.31. The zero-order chi connectivity index (χ0) is 13.5. The summed E-state index contributed by atoms with van der Waals surface area (Å²) in [6, 6.07) is 0. The van der Waals surface area contributed by atoms with Crippen molar-refractivity contribution in [1.29, 1.82) is 0 Å². The summed E-state index contributed by atoms with van der Waals surface area (Å²) < 4.78 is 0. The Balaban J connectivity index is 0. The van der Waals surface area contributed by atoms with Crippen LogP contribution in [0.3, 0.4) is 0 Å². The molecule has 0 radical (unpaired) electrons. The van der Waals surface area contributed by atoms with E-state index in [1.54, 1.807) is 0 Å². The first kappa shape index (κ1) is 19.1. The quantitative estimate of drug-likeness (QED) is 0.309. The molecular weight excluding hydrogens is 204 g/mol. The van der Waals surface area contributed by atoms with E-state index in [0.717, 1.165) is 5.92 Å². The number of rotatable bonds is 9. The Morgan fingerprint density at radius 1 is 0.765 bits per heavy atom. The van der Waals surface area contributed by atoms with Crippen molar-refractivity contribution < 1.29 is 0 Å². The molecule has 0 nitrogen and oxygen atoms in total. The molecule has 0 bridgehead atoms. The number of unbranched alkanes of at least 4 members (excludes halogenated alkanes) is 6. The van der Waals surface area contributed by atoms with Crippen LogP contribution in [0.15, 0.2) is 12.2 Å². The molecule has 0 heteroatoms. The Bertz CT molecular complexity index is 136. The third kappa shape index (κ3) is 15.7. The summed E-state index contributed by atoms with van der Waals surface area (Å²) in [5, 5.41) is 0. The number of hydrogen-bond donors (Lipinski definition) is 0. The lowest BCUT2D eigenvalue weighted by Crippen LogP contribution is -1.95. The van der Waals surface area contributed by atoms with Gasteiger partial charge in [-0.05, 0) is 25.7 Å². The summed E-state index contributed by atoms with van der Waals surface area (Å²) in [5.74, 6) is 0.759. The fourth-order valence-electron chi connectivity index (χ4n) is 2.02. The fourth-order valence-corrected chi connectivity index (χ4v) is 2.02. The monoisotopic (exact) mass is 240 g/mol. The Kier molecular flexibility index (Phi) is 17.7. The van der Waals surface area contributed by atoms with Crippen molar-refractivity contribution in [3.8, 4) is 0 Å². The van der Waals surface area contributed by atoms with Crippen molar-refractivity contribution in [2.24, 2.45) is 5.92 Å². The summed E-state index contributed by atoms with van der Waals surface area (Å²) in [4.78, 5) is 0. The highest BCUT2D eigenvalue weighted by Gasteiger charge is 2.00. The molecule has 0 aromatic carbocycles. The molecule has 0 fully saturated rings. The maximum Gasteiger partial charge on any atom is -0.0214 e. The standard InChI is InChI=1S/C9H20.C8H16/c1-3-5-7-9-8-6-4-2;1-5-8(6-2)7(3)4/h3-9H2,1-2H3;8H,3,5-6H2,1-2,4H3. The summed E-state index contributed by atoms with van der Waals surface area (Å²) in [6.07, 6.45) is 12.5. The van der Waals surface area contributed by atoms with Crippen molar-refractivity contribution in [3.05, 3.63) is 12.2 Å². The minimum absolute atomic E-state index is 0.759.